The number of primary amides is 1. The van der Waals surface area contributed by atoms with Crippen molar-refractivity contribution in [2.45, 2.75) is 25.0 Å². The predicted octanol–water partition coefficient (Wildman–Crippen LogP) is 1.07. The predicted molar refractivity (Wildman–Crippen MR) is 118 cm³/mol. The molecule has 0 aliphatic rings. The highest BCUT2D eigenvalue weighted by molar-refractivity contribution is 7.90. The van der Waals surface area contributed by atoms with E-state index in [1.807, 2.05) is 30.3 Å². The van der Waals surface area contributed by atoms with Crippen molar-refractivity contribution in [2.24, 2.45) is 5.73 Å². The monoisotopic (exact) mass is 476 g/mol. The van der Waals surface area contributed by atoms with Gasteiger partial charge in [0.1, 0.15) is 18.9 Å². The minimum atomic E-state index is -3.84. The number of nitrogens with zero attached hydrogens (tertiary/aromatic N) is 3. The van der Waals surface area contributed by atoms with Gasteiger partial charge in [0.15, 0.2) is 0 Å². The number of Topliss-reactive ketones (excluding diaryl/α,β-unsaturated/α-hetero) is 1. The SMILES string of the molecule is CCc1c(C(=O)C(N)=O)c2c(OCCOOC)nc(S(C)(=O)=O)nc2n1Cc1ccccc1. The highest BCUT2D eigenvalue weighted by Crippen LogP contribution is 2.34. The molecule has 176 valence electrons. The second-order valence-corrected chi connectivity index (χ2v) is 8.97. The van der Waals surface area contributed by atoms with Gasteiger partial charge in [0.2, 0.25) is 15.7 Å². The number of sulfone groups is 1. The number of fused-ring (bicyclic) bond motifs is 1. The Kier molecular flexibility index (Phi) is 7.41. The summed E-state index contributed by atoms with van der Waals surface area (Å²) in [5.41, 5.74) is 6.77. The lowest BCUT2D eigenvalue weighted by Gasteiger charge is -2.11. The van der Waals surface area contributed by atoms with Gasteiger partial charge in [-0.05, 0) is 12.0 Å². The van der Waals surface area contributed by atoms with Gasteiger partial charge in [-0.1, -0.05) is 37.3 Å². The lowest BCUT2D eigenvalue weighted by atomic mass is 10.1. The van der Waals surface area contributed by atoms with Crippen molar-refractivity contribution in [3.63, 3.8) is 0 Å². The first-order valence-electron chi connectivity index (χ1n) is 9.98. The first-order valence-corrected chi connectivity index (χ1v) is 11.9. The van der Waals surface area contributed by atoms with Crippen LogP contribution >= 0.6 is 0 Å². The quantitative estimate of drug-likeness (QED) is 0.107. The van der Waals surface area contributed by atoms with Crippen molar-refractivity contribution in [1.82, 2.24) is 14.5 Å². The molecule has 0 saturated heterocycles. The van der Waals surface area contributed by atoms with Crippen LogP contribution in [0.2, 0.25) is 0 Å². The van der Waals surface area contributed by atoms with Gasteiger partial charge in [-0.15, -0.1) is 0 Å². The Morgan fingerprint density at radius 3 is 2.39 bits per heavy atom. The number of rotatable bonds is 11. The molecule has 0 radical (unpaired) electrons. The summed E-state index contributed by atoms with van der Waals surface area (Å²) in [6.45, 7) is 1.99. The molecule has 0 aliphatic heterocycles. The summed E-state index contributed by atoms with van der Waals surface area (Å²) in [5.74, 6) is -2.28. The summed E-state index contributed by atoms with van der Waals surface area (Å²) >= 11 is 0. The van der Waals surface area contributed by atoms with E-state index in [1.54, 1.807) is 11.5 Å². The Labute approximate surface area is 190 Å². The van der Waals surface area contributed by atoms with Gasteiger partial charge in [-0.25, -0.2) is 18.2 Å². The Hall–Kier alpha value is -3.35. The minimum absolute atomic E-state index is 0.000657. The Morgan fingerprint density at radius 2 is 1.82 bits per heavy atom. The van der Waals surface area contributed by atoms with Gasteiger partial charge >= 0.3 is 0 Å². The highest BCUT2D eigenvalue weighted by Gasteiger charge is 2.31. The third-order valence-electron chi connectivity index (χ3n) is 4.78. The number of hydrogen-bond donors (Lipinski definition) is 1. The number of ketones is 1. The van der Waals surface area contributed by atoms with Crippen LogP contribution in [-0.4, -0.2) is 61.2 Å². The summed E-state index contributed by atoms with van der Waals surface area (Å²) in [7, 11) is -2.51. The molecule has 2 N–H and O–H groups in total. The van der Waals surface area contributed by atoms with E-state index in [2.05, 4.69) is 14.9 Å². The van der Waals surface area contributed by atoms with Gasteiger partial charge in [0, 0.05) is 18.5 Å². The summed E-state index contributed by atoms with van der Waals surface area (Å²) in [6.07, 6.45) is 1.30. The average molecular weight is 477 g/mol. The van der Waals surface area contributed by atoms with E-state index in [0.29, 0.717) is 12.1 Å². The molecule has 1 aromatic carbocycles. The van der Waals surface area contributed by atoms with Crippen LogP contribution in [0.4, 0.5) is 0 Å². The topological polar surface area (TPSA) is 153 Å². The number of ether oxygens (including phenoxy) is 1. The van der Waals surface area contributed by atoms with E-state index < -0.39 is 26.7 Å². The molecular formula is C21H24N4O7S. The van der Waals surface area contributed by atoms with Gasteiger partial charge in [0.25, 0.3) is 16.8 Å². The molecule has 3 rings (SSSR count). The fraction of sp³-hybridized carbons (Fsp3) is 0.333. The number of aromatic nitrogens is 3. The van der Waals surface area contributed by atoms with Crippen molar-refractivity contribution < 1.29 is 32.5 Å². The van der Waals surface area contributed by atoms with E-state index >= 15 is 0 Å². The van der Waals surface area contributed by atoms with Gasteiger partial charge in [-0.3, -0.25) is 9.59 Å². The Morgan fingerprint density at radius 1 is 1.12 bits per heavy atom. The maximum absolute atomic E-state index is 12.9. The number of hydrogen-bond acceptors (Lipinski definition) is 9. The highest BCUT2D eigenvalue weighted by atomic mass is 32.2. The lowest BCUT2D eigenvalue weighted by molar-refractivity contribution is -0.275. The van der Waals surface area contributed by atoms with Gasteiger partial charge in [-0.2, -0.15) is 9.97 Å². The number of nitrogens with two attached hydrogens (primary N) is 1. The third kappa shape index (κ3) is 5.18. The van der Waals surface area contributed by atoms with E-state index in [9.17, 15) is 18.0 Å². The Bertz CT molecular complexity index is 1290. The van der Waals surface area contributed by atoms with Gasteiger partial charge in [0.05, 0.1) is 18.1 Å². The zero-order chi connectivity index (χ0) is 24.2. The van der Waals surface area contributed by atoms with E-state index in [1.165, 1.54) is 7.11 Å². The zero-order valence-corrected chi connectivity index (χ0v) is 19.2. The second-order valence-electron chi connectivity index (χ2n) is 7.06. The van der Waals surface area contributed by atoms with Gasteiger partial charge < -0.3 is 15.0 Å². The van der Waals surface area contributed by atoms with Crippen molar-refractivity contribution in [1.29, 1.82) is 0 Å². The summed E-state index contributed by atoms with van der Waals surface area (Å²) in [6, 6.07) is 9.31. The van der Waals surface area contributed by atoms with E-state index in [4.69, 9.17) is 15.4 Å². The van der Waals surface area contributed by atoms with Crippen LogP contribution in [0, 0.1) is 0 Å². The van der Waals surface area contributed by atoms with Crippen molar-refractivity contribution in [2.75, 3.05) is 26.6 Å². The van der Waals surface area contributed by atoms with Crippen LogP contribution in [0.5, 0.6) is 5.88 Å². The van der Waals surface area contributed by atoms with Crippen LogP contribution in [0.1, 0.15) is 28.5 Å². The molecule has 2 aromatic heterocycles. The minimum Gasteiger partial charge on any atom is -0.474 e. The van der Waals surface area contributed by atoms with Crippen LogP contribution in [0.15, 0.2) is 35.5 Å². The zero-order valence-electron chi connectivity index (χ0n) is 18.4. The second kappa shape index (κ2) is 10.1. The number of benzene rings is 1. The largest absolute Gasteiger partial charge is 0.474 e. The fourth-order valence-electron chi connectivity index (χ4n) is 3.43. The molecule has 0 aliphatic carbocycles. The third-order valence-corrected chi connectivity index (χ3v) is 5.63. The van der Waals surface area contributed by atoms with Crippen LogP contribution in [0.25, 0.3) is 11.0 Å². The molecule has 2 heterocycles. The molecule has 0 saturated carbocycles. The first kappa shape index (κ1) is 24.3. The molecule has 0 unspecified atom stereocenters. The molecule has 12 heteroatoms. The summed E-state index contributed by atoms with van der Waals surface area (Å²) in [4.78, 5) is 42.3. The molecule has 0 bridgehead atoms. The molecule has 0 fully saturated rings. The van der Waals surface area contributed by atoms with E-state index in [0.717, 1.165) is 11.8 Å². The van der Waals surface area contributed by atoms with Crippen LogP contribution in [-0.2, 0) is 37.4 Å². The number of carbonyl (C=O) groups excluding carboxylic acids is 2. The fourth-order valence-corrected chi connectivity index (χ4v) is 3.93. The van der Waals surface area contributed by atoms with Crippen molar-refractivity contribution >= 4 is 32.6 Å². The van der Waals surface area contributed by atoms with Crippen LogP contribution < -0.4 is 10.5 Å². The lowest BCUT2D eigenvalue weighted by Crippen LogP contribution is -2.24. The summed E-state index contributed by atoms with van der Waals surface area (Å²) < 4.78 is 31.9. The Balaban J connectivity index is 2.35. The number of amides is 1. The maximum atomic E-state index is 12.9. The standard InChI is InChI=1S/C21H24N4O7S/c1-4-14-15(17(26)18(22)27)16-19(25(14)12-13-8-6-5-7-9-13)23-21(33(3,28)29)24-20(16)31-10-11-32-30-2/h5-9H,4,10-12H2,1-3H3,(H2,22,27). The van der Waals surface area contributed by atoms with Crippen molar-refractivity contribution in [3.05, 3.63) is 47.2 Å². The molecule has 33 heavy (non-hydrogen) atoms. The molecule has 3 aromatic rings. The normalized spacial score (nSPS) is 11.6. The van der Waals surface area contributed by atoms with E-state index in [-0.39, 0.29) is 42.2 Å². The molecule has 1 amide bonds. The average Bonchev–Trinajstić information content (AvgIpc) is 3.09. The first-order chi connectivity index (χ1) is 15.7. The smallest absolute Gasteiger partial charge is 0.289 e. The van der Waals surface area contributed by atoms with Crippen LogP contribution in [0.3, 0.4) is 0 Å². The summed E-state index contributed by atoms with van der Waals surface area (Å²) in [5, 5.41) is -0.374. The van der Waals surface area contributed by atoms with Crippen molar-refractivity contribution in [3.8, 4) is 5.88 Å². The number of carbonyl (C=O) groups is 2. The molecule has 0 atom stereocenters. The molecule has 11 nitrogen and oxygen atoms in total. The molecular weight excluding hydrogens is 452 g/mol. The maximum Gasteiger partial charge on any atom is 0.289 e. The molecule has 0 spiro atoms.